The van der Waals surface area contributed by atoms with E-state index in [9.17, 15) is 4.79 Å². The van der Waals surface area contributed by atoms with Crippen molar-refractivity contribution in [1.82, 2.24) is 10.3 Å². The van der Waals surface area contributed by atoms with Crippen molar-refractivity contribution in [3.05, 3.63) is 36.0 Å². The van der Waals surface area contributed by atoms with Gasteiger partial charge >= 0.3 is 0 Å². The van der Waals surface area contributed by atoms with Gasteiger partial charge in [0.2, 0.25) is 5.91 Å². The third-order valence-electron chi connectivity index (χ3n) is 2.99. The van der Waals surface area contributed by atoms with Crippen molar-refractivity contribution < 1.29 is 4.79 Å². The van der Waals surface area contributed by atoms with Crippen molar-refractivity contribution in [1.29, 1.82) is 0 Å². The zero-order valence-corrected chi connectivity index (χ0v) is 11.0. The molecule has 2 rings (SSSR count). The molecule has 96 valence electrons. The molecule has 0 aliphatic heterocycles. The van der Waals surface area contributed by atoms with Gasteiger partial charge in [-0.3, -0.25) is 4.79 Å². The Morgan fingerprint density at radius 2 is 2.11 bits per heavy atom. The van der Waals surface area contributed by atoms with Gasteiger partial charge < -0.3 is 10.3 Å². The molecule has 2 N–H and O–H groups in total. The van der Waals surface area contributed by atoms with Crippen LogP contribution in [-0.4, -0.2) is 23.3 Å². The van der Waals surface area contributed by atoms with E-state index in [-0.39, 0.29) is 11.8 Å². The highest BCUT2D eigenvalue weighted by molar-refractivity contribution is 6.27. The number of nitrogens with one attached hydrogen (secondary N) is 2. The standard InChI is InChI=1S/C14H17ClN2O/c15-9-14(18)16-8-4-3-5-11-10-17-13-7-2-1-6-12(11)13/h1-2,6-7,10,17H,3-5,8-9H2,(H,16,18). The number of hydrogen-bond donors (Lipinski definition) is 2. The average Bonchev–Trinajstić information content (AvgIpc) is 2.81. The Morgan fingerprint density at radius 3 is 2.94 bits per heavy atom. The maximum atomic E-state index is 10.9. The van der Waals surface area contributed by atoms with Crippen molar-refractivity contribution in [2.75, 3.05) is 12.4 Å². The number of para-hydroxylation sites is 1. The van der Waals surface area contributed by atoms with Gasteiger partial charge in [0.25, 0.3) is 0 Å². The minimum absolute atomic E-state index is 0.0441. The van der Waals surface area contributed by atoms with Crippen molar-refractivity contribution in [2.24, 2.45) is 0 Å². The molecule has 0 atom stereocenters. The lowest BCUT2D eigenvalue weighted by molar-refractivity contribution is -0.118. The smallest absolute Gasteiger partial charge is 0.234 e. The third-order valence-corrected chi connectivity index (χ3v) is 3.23. The summed E-state index contributed by atoms with van der Waals surface area (Å²) < 4.78 is 0. The molecule has 1 amide bonds. The van der Waals surface area contributed by atoms with Crippen LogP contribution in [0.3, 0.4) is 0 Å². The van der Waals surface area contributed by atoms with Gasteiger partial charge in [-0.25, -0.2) is 0 Å². The predicted molar refractivity (Wildman–Crippen MR) is 75.0 cm³/mol. The molecule has 0 unspecified atom stereocenters. The number of rotatable bonds is 6. The van der Waals surface area contributed by atoms with Crippen molar-refractivity contribution in [2.45, 2.75) is 19.3 Å². The van der Waals surface area contributed by atoms with Gasteiger partial charge in [0, 0.05) is 23.6 Å². The summed E-state index contributed by atoms with van der Waals surface area (Å²) in [7, 11) is 0. The first-order valence-electron chi connectivity index (χ1n) is 6.19. The summed E-state index contributed by atoms with van der Waals surface area (Å²) in [5, 5.41) is 4.06. The Kier molecular flexibility index (Phi) is 4.65. The number of halogens is 1. The first-order chi connectivity index (χ1) is 8.81. The molecule has 0 radical (unpaired) electrons. The van der Waals surface area contributed by atoms with Crippen molar-refractivity contribution in [3.63, 3.8) is 0 Å². The molecule has 4 heteroatoms. The number of H-pyrrole nitrogens is 1. The molecule has 18 heavy (non-hydrogen) atoms. The number of carbonyl (C=O) groups is 1. The Bertz CT molecular complexity index is 521. The van der Waals surface area contributed by atoms with E-state index in [1.165, 1.54) is 16.5 Å². The Balaban J connectivity index is 1.78. The zero-order valence-electron chi connectivity index (χ0n) is 10.2. The maximum Gasteiger partial charge on any atom is 0.234 e. The van der Waals surface area contributed by atoms with E-state index in [4.69, 9.17) is 11.6 Å². The number of benzene rings is 1. The number of aromatic amines is 1. The second-order valence-electron chi connectivity index (χ2n) is 4.30. The fraction of sp³-hybridized carbons (Fsp3) is 0.357. The van der Waals surface area contributed by atoms with E-state index in [0.717, 1.165) is 19.3 Å². The molecule has 0 aliphatic rings. The number of fused-ring (bicyclic) bond motifs is 1. The SMILES string of the molecule is O=C(CCl)NCCCCc1c[nH]c2ccccc12. The summed E-state index contributed by atoms with van der Waals surface area (Å²) in [6.45, 7) is 0.702. The van der Waals surface area contributed by atoms with Gasteiger partial charge in [-0.1, -0.05) is 18.2 Å². The van der Waals surface area contributed by atoms with Crippen LogP contribution in [0.5, 0.6) is 0 Å². The van der Waals surface area contributed by atoms with Gasteiger partial charge in [-0.15, -0.1) is 11.6 Å². The first-order valence-corrected chi connectivity index (χ1v) is 6.72. The van der Waals surface area contributed by atoms with Crippen LogP contribution in [-0.2, 0) is 11.2 Å². The summed E-state index contributed by atoms with van der Waals surface area (Å²) in [5.41, 5.74) is 2.53. The van der Waals surface area contributed by atoms with Gasteiger partial charge in [0.05, 0.1) is 0 Å². The molecule has 3 nitrogen and oxygen atoms in total. The van der Waals surface area contributed by atoms with Gasteiger partial charge in [-0.2, -0.15) is 0 Å². The summed E-state index contributed by atoms with van der Waals surface area (Å²) in [4.78, 5) is 14.2. The molecule has 0 saturated heterocycles. The van der Waals surface area contributed by atoms with Crippen LogP contribution in [0, 0.1) is 0 Å². The van der Waals surface area contributed by atoms with Crippen LogP contribution >= 0.6 is 11.6 Å². The van der Waals surface area contributed by atoms with Gasteiger partial charge in [-0.05, 0) is 30.9 Å². The van der Waals surface area contributed by atoms with Crippen LogP contribution in [0.4, 0.5) is 0 Å². The quantitative estimate of drug-likeness (QED) is 0.612. The van der Waals surface area contributed by atoms with Crippen LogP contribution < -0.4 is 5.32 Å². The zero-order chi connectivity index (χ0) is 12.8. The molecule has 1 aromatic carbocycles. The molecule has 0 aliphatic carbocycles. The maximum absolute atomic E-state index is 10.9. The van der Waals surface area contributed by atoms with E-state index >= 15 is 0 Å². The number of aromatic nitrogens is 1. The number of hydrogen-bond acceptors (Lipinski definition) is 1. The Labute approximate surface area is 112 Å². The molecule has 2 aromatic rings. The van der Waals surface area contributed by atoms with Crippen LogP contribution in [0.2, 0.25) is 0 Å². The highest BCUT2D eigenvalue weighted by atomic mass is 35.5. The number of alkyl halides is 1. The fourth-order valence-corrected chi connectivity index (χ4v) is 2.15. The number of amides is 1. The van der Waals surface area contributed by atoms with E-state index in [1.54, 1.807) is 0 Å². The van der Waals surface area contributed by atoms with Crippen molar-refractivity contribution in [3.8, 4) is 0 Å². The fourth-order valence-electron chi connectivity index (χ4n) is 2.05. The topological polar surface area (TPSA) is 44.9 Å². The molecule has 1 aromatic heterocycles. The summed E-state index contributed by atoms with van der Waals surface area (Å²) >= 11 is 5.40. The molecule has 0 saturated carbocycles. The molecular weight excluding hydrogens is 248 g/mol. The summed E-state index contributed by atoms with van der Waals surface area (Å²) in [6, 6.07) is 8.31. The lowest BCUT2D eigenvalue weighted by atomic mass is 10.1. The minimum Gasteiger partial charge on any atom is -0.361 e. The average molecular weight is 265 g/mol. The highest BCUT2D eigenvalue weighted by Crippen LogP contribution is 2.19. The summed E-state index contributed by atoms with van der Waals surface area (Å²) in [6.07, 6.45) is 5.13. The van der Waals surface area contributed by atoms with Crippen LogP contribution in [0.15, 0.2) is 30.5 Å². The molecule has 0 fully saturated rings. The second-order valence-corrected chi connectivity index (χ2v) is 4.57. The summed E-state index contributed by atoms with van der Waals surface area (Å²) in [5.74, 6) is -0.0496. The van der Waals surface area contributed by atoms with E-state index < -0.39 is 0 Å². The number of unbranched alkanes of at least 4 members (excludes halogenated alkanes) is 1. The largest absolute Gasteiger partial charge is 0.361 e. The number of carbonyl (C=O) groups excluding carboxylic acids is 1. The first kappa shape index (κ1) is 13.0. The Hall–Kier alpha value is -1.48. The van der Waals surface area contributed by atoms with Crippen LogP contribution in [0.25, 0.3) is 10.9 Å². The molecule has 0 bridgehead atoms. The number of aryl methyl sites for hydroxylation is 1. The predicted octanol–water partition coefficient (Wildman–Crippen LogP) is 2.85. The van der Waals surface area contributed by atoms with Gasteiger partial charge in [0.1, 0.15) is 5.88 Å². The molecule has 1 heterocycles. The van der Waals surface area contributed by atoms with Crippen LogP contribution in [0.1, 0.15) is 18.4 Å². The second kappa shape index (κ2) is 6.45. The van der Waals surface area contributed by atoms with Crippen molar-refractivity contribution >= 4 is 28.4 Å². The highest BCUT2D eigenvalue weighted by Gasteiger charge is 2.02. The third kappa shape index (κ3) is 3.26. The lowest BCUT2D eigenvalue weighted by Crippen LogP contribution is -2.25. The molecular formula is C14H17ClN2O. The van der Waals surface area contributed by atoms with E-state index in [1.807, 2.05) is 6.07 Å². The van der Waals surface area contributed by atoms with Gasteiger partial charge in [0.15, 0.2) is 0 Å². The van der Waals surface area contributed by atoms with E-state index in [0.29, 0.717) is 6.54 Å². The molecule has 0 spiro atoms. The van der Waals surface area contributed by atoms with E-state index in [2.05, 4.69) is 34.7 Å². The normalized spacial score (nSPS) is 10.7. The Morgan fingerprint density at radius 1 is 1.28 bits per heavy atom. The minimum atomic E-state index is -0.0937. The lowest BCUT2D eigenvalue weighted by Gasteiger charge is -2.02. The monoisotopic (exact) mass is 264 g/mol.